The van der Waals surface area contributed by atoms with Crippen LogP contribution in [0, 0.1) is 0 Å². The summed E-state index contributed by atoms with van der Waals surface area (Å²) in [5.41, 5.74) is 8.42. The molecule has 0 spiro atoms. The van der Waals surface area contributed by atoms with Gasteiger partial charge in [-0.1, -0.05) is 23.7 Å². The topological polar surface area (TPSA) is 54.5 Å². The lowest BCUT2D eigenvalue weighted by Gasteiger charge is -2.17. The summed E-state index contributed by atoms with van der Waals surface area (Å²) in [6.45, 7) is 0.765. The van der Waals surface area contributed by atoms with E-state index in [1.807, 2.05) is 24.3 Å². The molecular formula is C22H18ClF3N4S. The molecular weight excluding hydrogens is 445 g/mol. The number of anilines is 1. The number of hydrogen-bond acceptors (Lipinski definition) is 4. The number of aromatic nitrogens is 1. The SMILES string of the molecule is CN=C(N)c1ccc(SN2CCc3cc(-c4ccc(C(F)(F)F)cc4)cnc32)cc1Cl. The number of amidine groups is 1. The molecule has 1 aliphatic heterocycles. The predicted octanol–water partition coefficient (Wildman–Crippen LogP) is 5.83. The van der Waals surface area contributed by atoms with Crippen molar-refractivity contribution in [2.75, 3.05) is 17.9 Å². The third kappa shape index (κ3) is 4.50. The Labute approximate surface area is 187 Å². The van der Waals surface area contributed by atoms with Gasteiger partial charge in [0.2, 0.25) is 0 Å². The number of nitrogens with two attached hydrogens (primary N) is 1. The van der Waals surface area contributed by atoms with Gasteiger partial charge in [-0.25, -0.2) is 4.98 Å². The van der Waals surface area contributed by atoms with Gasteiger partial charge in [-0.3, -0.25) is 9.30 Å². The lowest BCUT2D eigenvalue weighted by molar-refractivity contribution is -0.137. The molecule has 0 amide bonds. The van der Waals surface area contributed by atoms with Crippen molar-refractivity contribution >= 4 is 35.2 Å². The van der Waals surface area contributed by atoms with Crippen molar-refractivity contribution in [1.29, 1.82) is 0 Å². The first-order valence-corrected chi connectivity index (χ1v) is 10.6. The van der Waals surface area contributed by atoms with Crippen molar-refractivity contribution in [3.63, 3.8) is 0 Å². The van der Waals surface area contributed by atoms with Crippen LogP contribution in [-0.4, -0.2) is 24.4 Å². The summed E-state index contributed by atoms with van der Waals surface area (Å²) in [5, 5.41) is 0.526. The molecule has 160 valence electrons. The van der Waals surface area contributed by atoms with Crippen LogP contribution in [0.15, 0.2) is 64.6 Å². The van der Waals surface area contributed by atoms with Gasteiger partial charge in [0.05, 0.1) is 10.6 Å². The maximum atomic E-state index is 12.8. The van der Waals surface area contributed by atoms with Crippen molar-refractivity contribution in [1.82, 2.24) is 4.98 Å². The average molecular weight is 463 g/mol. The lowest BCUT2D eigenvalue weighted by Crippen LogP contribution is -2.14. The first kappa shape index (κ1) is 21.5. The van der Waals surface area contributed by atoms with Crippen LogP contribution in [0.4, 0.5) is 19.0 Å². The number of rotatable bonds is 4. The van der Waals surface area contributed by atoms with E-state index in [4.69, 9.17) is 17.3 Å². The molecule has 31 heavy (non-hydrogen) atoms. The molecule has 0 saturated carbocycles. The first-order chi connectivity index (χ1) is 14.8. The van der Waals surface area contributed by atoms with Crippen LogP contribution in [-0.2, 0) is 12.6 Å². The van der Waals surface area contributed by atoms with Crippen LogP contribution < -0.4 is 10.0 Å². The predicted molar refractivity (Wildman–Crippen MR) is 120 cm³/mol. The number of pyridine rings is 1. The zero-order valence-corrected chi connectivity index (χ0v) is 18.0. The molecule has 1 aromatic heterocycles. The Kier molecular flexibility index (Phi) is 5.85. The fraction of sp³-hybridized carbons (Fsp3) is 0.182. The van der Waals surface area contributed by atoms with Crippen LogP contribution >= 0.6 is 23.5 Å². The van der Waals surface area contributed by atoms with Gasteiger partial charge in [-0.2, -0.15) is 13.2 Å². The molecule has 2 heterocycles. The number of benzene rings is 2. The minimum atomic E-state index is -4.34. The molecule has 4 nitrogen and oxygen atoms in total. The Balaban J connectivity index is 1.53. The minimum Gasteiger partial charge on any atom is -0.383 e. The molecule has 9 heteroatoms. The van der Waals surface area contributed by atoms with Gasteiger partial charge < -0.3 is 5.73 Å². The number of nitrogens with zero attached hydrogens (tertiary/aromatic N) is 3. The van der Waals surface area contributed by atoms with E-state index in [0.717, 1.165) is 46.9 Å². The largest absolute Gasteiger partial charge is 0.416 e. The molecule has 1 aliphatic rings. The summed E-state index contributed by atoms with van der Waals surface area (Å²) >= 11 is 7.86. The van der Waals surface area contributed by atoms with E-state index in [0.29, 0.717) is 22.0 Å². The Morgan fingerprint density at radius 2 is 1.87 bits per heavy atom. The number of halogens is 4. The third-order valence-corrected chi connectivity index (χ3v) is 6.34. The van der Waals surface area contributed by atoms with E-state index >= 15 is 0 Å². The van der Waals surface area contributed by atoms with Crippen LogP contribution in [0.5, 0.6) is 0 Å². The molecule has 0 saturated heterocycles. The molecule has 4 rings (SSSR count). The second-order valence-corrected chi connectivity index (χ2v) is 8.48. The molecule has 2 aromatic carbocycles. The molecule has 0 atom stereocenters. The fourth-order valence-corrected chi connectivity index (χ4v) is 4.68. The van der Waals surface area contributed by atoms with E-state index < -0.39 is 11.7 Å². The summed E-state index contributed by atoms with van der Waals surface area (Å²) < 4.78 is 40.4. The van der Waals surface area contributed by atoms with Gasteiger partial charge in [0.25, 0.3) is 0 Å². The van der Waals surface area contributed by atoms with Gasteiger partial charge in [0, 0.05) is 35.8 Å². The normalized spacial score (nSPS) is 14.1. The summed E-state index contributed by atoms with van der Waals surface area (Å²) in [7, 11) is 1.61. The van der Waals surface area contributed by atoms with Gasteiger partial charge in [-0.05, 0) is 65.9 Å². The van der Waals surface area contributed by atoms with E-state index in [2.05, 4.69) is 14.3 Å². The number of fused-ring (bicyclic) bond motifs is 1. The summed E-state index contributed by atoms with van der Waals surface area (Å²) in [4.78, 5) is 9.48. The standard InChI is InChI=1S/C22H18ClF3N4S/c1-28-20(27)18-7-6-17(11-19(18)23)31-30-9-8-14-10-15(12-29-21(14)30)13-2-4-16(5-3-13)22(24,25)26/h2-7,10-12H,8-9H2,1H3,(H2,27,28). The van der Waals surface area contributed by atoms with Gasteiger partial charge in [-0.15, -0.1) is 0 Å². The van der Waals surface area contributed by atoms with E-state index in [1.165, 1.54) is 24.1 Å². The molecule has 0 aliphatic carbocycles. The maximum Gasteiger partial charge on any atom is 0.416 e. The molecule has 2 N–H and O–H groups in total. The monoisotopic (exact) mass is 462 g/mol. The molecule has 3 aromatic rings. The molecule has 0 fully saturated rings. The van der Waals surface area contributed by atoms with E-state index in [9.17, 15) is 13.2 Å². The average Bonchev–Trinajstić information content (AvgIpc) is 3.15. The highest BCUT2D eigenvalue weighted by Crippen LogP contribution is 2.38. The van der Waals surface area contributed by atoms with E-state index in [-0.39, 0.29) is 0 Å². The summed E-state index contributed by atoms with van der Waals surface area (Å²) in [6, 6.07) is 12.7. The molecule has 0 unspecified atom stereocenters. The number of alkyl halides is 3. The van der Waals surface area contributed by atoms with Crippen molar-refractivity contribution in [3.05, 3.63) is 76.4 Å². The van der Waals surface area contributed by atoms with Gasteiger partial charge in [0.1, 0.15) is 11.7 Å². The van der Waals surface area contributed by atoms with Crippen LogP contribution in [0.25, 0.3) is 11.1 Å². The van der Waals surface area contributed by atoms with Crippen LogP contribution in [0.2, 0.25) is 5.02 Å². The molecule has 0 bridgehead atoms. The summed E-state index contributed by atoms with van der Waals surface area (Å²) in [6.07, 6.45) is -1.86. The smallest absolute Gasteiger partial charge is 0.383 e. The van der Waals surface area contributed by atoms with Crippen molar-refractivity contribution < 1.29 is 13.2 Å². The Morgan fingerprint density at radius 3 is 2.52 bits per heavy atom. The second-order valence-electron chi connectivity index (χ2n) is 6.98. The fourth-order valence-electron chi connectivity index (χ4n) is 3.35. The second kappa shape index (κ2) is 8.43. The number of aliphatic imine (C=N–C) groups is 1. The van der Waals surface area contributed by atoms with Crippen molar-refractivity contribution in [3.8, 4) is 11.1 Å². The van der Waals surface area contributed by atoms with Gasteiger partial charge >= 0.3 is 6.18 Å². The van der Waals surface area contributed by atoms with Crippen molar-refractivity contribution in [2.45, 2.75) is 17.5 Å². The maximum absolute atomic E-state index is 12.8. The first-order valence-electron chi connectivity index (χ1n) is 9.40. The van der Waals surface area contributed by atoms with Gasteiger partial charge in [0.15, 0.2) is 0 Å². The summed E-state index contributed by atoms with van der Waals surface area (Å²) in [5.74, 6) is 1.22. The van der Waals surface area contributed by atoms with Crippen LogP contribution in [0.1, 0.15) is 16.7 Å². The van der Waals surface area contributed by atoms with E-state index in [1.54, 1.807) is 13.2 Å². The minimum absolute atomic E-state index is 0.380. The highest BCUT2D eigenvalue weighted by Gasteiger charge is 2.30. The Bertz CT molecular complexity index is 1150. The molecule has 0 radical (unpaired) electrons. The van der Waals surface area contributed by atoms with Crippen LogP contribution in [0.3, 0.4) is 0 Å². The third-order valence-electron chi connectivity index (χ3n) is 4.98. The highest BCUT2D eigenvalue weighted by molar-refractivity contribution is 8.00. The zero-order valence-electron chi connectivity index (χ0n) is 16.4. The quantitative estimate of drug-likeness (QED) is 0.301. The lowest BCUT2D eigenvalue weighted by atomic mass is 10.0. The Hall–Kier alpha value is -2.71. The van der Waals surface area contributed by atoms with Crippen molar-refractivity contribution in [2.24, 2.45) is 10.7 Å². The zero-order chi connectivity index (χ0) is 22.2. The highest BCUT2D eigenvalue weighted by atomic mass is 35.5. The Morgan fingerprint density at radius 1 is 1.13 bits per heavy atom. The number of hydrogen-bond donors (Lipinski definition) is 1.